The Hall–Kier alpha value is -0.820. The van der Waals surface area contributed by atoms with Gasteiger partial charge in [0.15, 0.2) is 0 Å². The van der Waals surface area contributed by atoms with Crippen LogP contribution in [0.15, 0.2) is 24.3 Å². The molecule has 1 saturated carbocycles. The third-order valence-corrected chi connectivity index (χ3v) is 3.44. The first-order chi connectivity index (χ1) is 7.40. The summed E-state index contributed by atoms with van der Waals surface area (Å²) < 4.78 is 0. The van der Waals surface area contributed by atoms with E-state index in [4.69, 9.17) is 0 Å². The van der Waals surface area contributed by atoms with Gasteiger partial charge in [-0.2, -0.15) is 0 Å². The molecule has 0 amide bonds. The molecule has 15 heavy (non-hydrogen) atoms. The van der Waals surface area contributed by atoms with Crippen molar-refractivity contribution >= 4 is 0 Å². The first kappa shape index (κ1) is 10.7. The fourth-order valence-corrected chi connectivity index (χ4v) is 2.53. The molecule has 0 heterocycles. The Morgan fingerprint density at radius 2 is 2.07 bits per heavy atom. The van der Waals surface area contributed by atoms with E-state index in [1.807, 2.05) is 7.05 Å². The second kappa shape index (κ2) is 5.32. The molecule has 0 spiro atoms. The van der Waals surface area contributed by atoms with Crippen LogP contribution in [0.3, 0.4) is 0 Å². The van der Waals surface area contributed by atoms with E-state index < -0.39 is 0 Å². The lowest BCUT2D eigenvalue weighted by Crippen LogP contribution is -2.10. The van der Waals surface area contributed by atoms with Crippen LogP contribution >= 0.6 is 0 Å². The molecule has 0 unspecified atom stereocenters. The van der Waals surface area contributed by atoms with Crippen LogP contribution in [0.5, 0.6) is 0 Å². The van der Waals surface area contributed by atoms with Crippen molar-refractivity contribution in [3.8, 4) is 0 Å². The van der Waals surface area contributed by atoms with E-state index in [0.29, 0.717) is 0 Å². The summed E-state index contributed by atoms with van der Waals surface area (Å²) >= 11 is 0. The lowest BCUT2D eigenvalue weighted by Gasteiger charge is -2.11. The maximum atomic E-state index is 3.21. The van der Waals surface area contributed by atoms with E-state index in [9.17, 15) is 0 Å². The molecule has 1 aliphatic rings. The van der Waals surface area contributed by atoms with Crippen LogP contribution < -0.4 is 5.32 Å². The Morgan fingerprint density at radius 1 is 1.27 bits per heavy atom. The fourth-order valence-electron chi connectivity index (χ4n) is 2.53. The van der Waals surface area contributed by atoms with Gasteiger partial charge in [0.05, 0.1) is 0 Å². The topological polar surface area (TPSA) is 12.0 Å². The zero-order valence-electron chi connectivity index (χ0n) is 9.63. The van der Waals surface area contributed by atoms with Gasteiger partial charge in [0.2, 0.25) is 0 Å². The van der Waals surface area contributed by atoms with E-state index >= 15 is 0 Å². The third kappa shape index (κ3) is 2.82. The number of nitrogens with one attached hydrogen (secondary N) is 1. The summed E-state index contributed by atoms with van der Waals surface area (Å²) in [4.78, 5) is 0. The molecule has 1 N–H and O–H groups in total. The summed E-state index contributed by atoms with van der Waals surface area (Å²) in [6.07, 6.45) is 6.79. The van der Waals surface area contributed by atoms with Gasteiger partial charge in [-0.15, -0.1) is 0 Å². The predicted octanol–water partition coefficient (Wildman–Crippen LogP) is 3.11. The Morgan fingerprint density at radius 3 is 2.80 bits per heavy atom. The van der Waals surface area contributed by atoms with Crippen LogP contribution in [0.4, 0.5) is 0 Å². The van der Waals surface area contributed by atoms with E-state index in [1.165, 1.54) is 31.2 Å². The summed E-state index contributed by atoms with van der Waals surface area (Å²) in [7, 11) is 2.01. The molecule has 1 aromatic rings. The van der Waals surface area contributed by atoms with Gasteiger partial charge < -0.3 is 5.32 Å². The van der Waals surface area contributed by atoms with Crippen molar-refractivity contribution < 1.29 is 0 Å². The van der Waals surface area contributed by atoms with Crippen molar-refractivity contribution in [3.05, 3.63) is 35.4 Å². The average molecular weight is 203 g/mol. The number of benzene rings is 1. The molecular formula is C14H21N. The molecule has 1 nitrogen and oxygen atoms in total. The molecule has 1 heteroatoms. The highest BCUT2D eigenvalue weighted by molar-refractivity contribution is 5.27. The second-order valence-electron chi connectivity index (χ2n) is 4.58. The van der Waals surface area contributed by atoms with E-state index in [0.717, 1.165) is 18.9 Å². The van der Waals surface area contributed by atoms with Gasteiger partial charge in [-0.3, -0.25) is 0 Å². The molecule has 0 atom stereocenters. The fraction of sp³-hybridized carbons (Fsp3) is 0.571. The van der Waals surface area contributed by atoms with E-state index in [2.05, 4.69) is 29.6 Å². The van der Waals surface area contributed by atoms with Crippen molar-refractivity contribution in [2.45, 2.75) is 38.0 Å². The zero-order valence-corrected chi connectivity index (χ0v) is 9.63. The molecule has 0 radical (unpaired) electrons. The summed E-state index contributed by atoms with van der Waals surface area (Å²) in [5.41, 5.74) is 3.05. The van der Waals surface area contributed by atoms with Gasteiger partial charge in [-0.25, -0.2) is 0 Å². The normalized spacial score (nSPS) is 17.1. The molecule has 0 aromatic heterocycles. The summed E-state index contributed by atoms with van der Waals surface area (Å²) in [5.74, 6) is 0.847. The number of likely N-dealkylation sites (N-methyl/N-ethyl adjacent to an activating group) is 1. The van der Waals surface area contributed by atoms with Crippen molar-refractivity contribution in [1.29, 1.82) is 0 Å². The minimum Gasteiger partial charge on any atom is -0.319 e. The molecule has 82 valence electrons. The van der Waals surface area contributed by atoms with Crippen molar-refractivity contribution in [1.82, 2.24) is 5.32 Å². The average Bonchev–Trinajstić information content (AvgIpc) is 2.80. The molecular weight excluding hydrogens is 182 g/mol. The molecule has 1 aliphatic carbocycles. The van der Waals surface area contributed by atoms with Gasteiger partial charge >= 0.3 is 0 Å². The summed E-state index contributed by atoms with van der Waals surface area (Å²) in [6.45, 7) is 1.08. The highest BCUT2D eigenvalue weighted by Crippen LogP contribution is 2.34. The SMILES string of the molecule is CNCCc1cccc(C2CCCC2)c1. The quantitative estimate of drug-likeness (QED) is 0.793. The maximum Gasteiger partial charge on any atom is -0.00114 e. The molecule has 2 rings (SSSR count). The monoisotopic (exact) mass is 203 g/mol. The van der Waals surface area contributed by atoms with Gasteiger partial charge in [0.25, 0.3) is 0 Å². The van der Waals surface area contributed by atoms with Crippen LogP contribution in [0.25, 0.3) is 0 Å². The Bertz CT molecular complexity index is 300. The van der Waals surface area contributed by atoms with Crippen LogP contribution in [-0.2, 0) is 6.42 Å². The van der Waals surface area contributed by atoms with Crippen LogP contribution in [-0.4, -0.2) is 13.6 Å². The number of rotatable bonds is 4. The Balaban J connectivity index is 2.04. The first-order valence-electron chi connectivity index (χ1n) is 6.13. The first-order valence-corrected chi connectivity index (χ1v) is 6.13. The minimum atomic E-state index is 0.847. The minimum absolute atomic E-state index is 0.847. The highest BCUT2D eigenvalue weighted by Gasteiger charge is 2.16. The molecule has 0 aliphatic heterocycles. The van der Waals surface area contributed by atoms with Crippen molar-refractivity contribution in [2.24, 2.45) is 0 Å². The number of hydrogen-bond acceptors (Lipinski definition) is 1. The second-order valence-corrected chi connectivity index (χ2v) is 4.58. The van der Waals surface area contributed by atoms with Crippen molar-refractivity contribution in [2.75, 3.05) is 13.6 Å². The molecule has 0 saturated heterocycles. The van der Waals surface area contributed by atoms with Crippen LogP contribution in [0, 0.1) is 0 Å². The molecule has 1 fully saturated rings. The van der Waals surface area contributed by atoms with Gasteiger partial charge in [-0.1, -0.05) is 37.1 Å². The van der Waals surface area contributed by atoms with Crippen molar-refractivity contribution in [3.63, 3.8) is 0 Å². The van der Waals surface area contributed by atoms with Gasteiger partial charge in [0, 0.05) is 0 Å². The molecule has 1 aromatic carbocycles. The lowest BCUT2D eigenvalue weighted by molar-refractivity contribution is 0.719. The highest BCUT2D eigenvalue weighted by atomic mass is 14.8. The van der Waals surface area contributed by atoms with E-state index in [1.54, 1.807) is 5.56 Å². The summed E-state index contributed by atoms with van der Waals surface area (Å²) in [6, 6.07) is 9.18. The predicted molar refractivity (Wildman–Crippen MR) is 65.3 cm³/mol. The van der Waals surface area contributed by atoms with Crippen LogP contribution in [0.1, 0.15) is 42.7 Å². The van der Waals surface area contributed by atoms with Crippen LogP contribution in [0.2, 0.25) is 0 Å². The zero-order chi connectivity index (χ0) is 10.5. The maximum absolute atomic E-state index is 3.21. The van der Waals surface area contributed by atoms with E-state index in [-0.39, 0.29) is 0 Å². The Labute approximate surface area is 92.9 Å². The smallest absolute Gasteiger partial charge is 0.00114 e. The largest absolute Gasteiger partial charge is 0.319 e. The number of hydrogen-bond donors (Lipinski definition) is 1. The lowest BCUT2D eigenvalue weighted by atomic mass is 9.95. The standard InChI is InChI=1S/C14H21N/c1-15-10-9-12-5-4-8-14(11-12)13-6-2-3-7-13/h4-5,8,11,13,15H,2-3,6-7,9-10H2,1H3. The third-order valence-electron chi connectivity index (χ3n) is 3.44. The van der Waals surface area contributed by atoms with Gasteiger partial charge in [-0.05, 0) is 49.9 Å². The summed E-state index contributed by atoms with van der Waals surface area (Å²) in [5, 5.41) is 3.21. The Kier molecular flexibility index (Phi) is 3.79. The molecule has 0 bridgehead atoms. The van der Waals surface area contributed by atoms with Gasteiger partial charge in [0.1, 0.15) is 0 Å².